The van der Waals surface area contributed by atoms with E-state index >= 15 is 0 Å². The van der Waals surface area contributed by atoms with E-state index in [1.54, 1.807) is 25.2 Å². The Labute approximate surface area is 176 Å². The largest absolute Gasteiger partial charge is 0.389 e. The van der Waals surface area contributed by atoms with Crippen molar-refractivity contribution in [3.63, 3.8) is 0 Å². The van der Waals surface area contributed by atoms with E-state index in [4.69, 9.17) is 21.1 Å². The first-order valence-corrected chi connectivity index (χ1v) is 10.1. The molecule has 0 aliphatic heterocycles. The molecule has 1 aromatic rings. The average molecular weight is 428 g/mol. The molecule has 0 aromatic heterocycles. The van der Waals surface area contributed by atoms with Crippen LogP contribution in [0, 0.1) is 0 Å². The fraction of sp³-hybridized carbons (Fsp3) is 0.600. The van der Waals surface area contributed by atoms with Crippen LogP contribution in [-0.4, -0.2) is 73.6 Å². The third-order valence-corrected chi connectivity index (χ3v) is 4.52. The Morgan fingerprint density at radius 1 is 1.31 bits per heavy atom. The van der Waals surface area contributed by atoms with E-state index < -0.39 is 12.1 Å². The zero-order chi connectivity index (χ0) is 21.4. The van der Waals surface area contributed by atoms with Gasteiger partial charge in [-0.1, -0.05) is 11.6 Å². The Balaban J connectivity index is 1.78. The van der Waals surface area contributed by atoms with Crippen molar-refractivity contribution < 1.29 is 24.2 Å². The molecule has 1 fully saturated rings. The minimum absolute atomic E-state index is 0.0967. The van der Waals surface area contributed by atoms with Crippen LogP contribution in [0.25, 0.3) is 0 Å². The van der Waals surface area contributed by atoms with Crippen LogP contribution in [0.2, 0.25) is 5.02 Å². The summed E-state index contributed by atoms with van der Waals surface area (Å²) in [5.41, 5.74) is 0.764. The molecule has 0 heterocycles. The number of hydrogen-bond acceptors (Lipinski definition) is 5. The Hall–Kier alpha value is -1.87. The maximum Gasteiger partial charge on any atom is 0.321 e. The van der Waals surface area contributed by atoms with Crippen molar-refractivity contribution in [2.45, 2.75) is 44.9 Å². The highest BCUT2D eigenvalue weighted by molar-refractivity contribution is 6.34. The topological polar surface area (TPSA) is 100 Å². The highest BCUT2D eigenvalue weighted by atomic mass is 35.5. The van der Waals surface area contributed by atoms with Crippen LogP contribution in [-0.2, 0) is 9.47 Å². The van der Waals surface area contributed by atoms with Gasteiger partial charge in [-0.3, -0.25) is 4.79 Å². The Kier molecular flexibility index (Phi) is 9.16. The summed E-state index contributed by atoms with van der Waals surface area (Å²) in [6, 6.07) is 4.53. The summed E-state index contributed by atoms with van der Waals surface area (Å²) in [5.74, 6) is -0.254. The van der Waals surface area contributed by atoms with Gasteiger partial charge in [0.25, 0.3) is 5.91 Å². The molecule has 1 aliphatic carbocycles. The van der Waals surface area contributed by atoms with Gasteiger partial charge in [-0.05, 0) is 44.9 Å². The molecule has 0 saturated heterocycles. The molecule has 1 saturated carbocycles. The number of nitrogens with one attached hydrogen (secondary N) is 2. The standard InChI is InChI=1S/C20H30ClN3O5/c1-13(2)29-9-8-28-12-16(25)11-24(3)20(27)23-15-6-7-18(21)17(10-15)19(26)22-14-4-5-14/h6-7,10,13-14,16,25H,4-5,8-9,11-12H2,1-3H3,(H,22,26)(H,23,27). The first-order chi connectivity index (χ1) is 13.8. The number of urea groups is 1. The maximum absolute atomic E-state index is 12.4. The molecule has 9 heteroatoms. The van der Waals surface area contributed by atoms with Gasteiger partial charge in [-0.15, -0.1) is 0 Å². The van der Waals surface area contributed by atoms with Crippen LogP contribution in [0.15, 0.2) is 18.2 Å². The number of benzene rings is 1. The molecule has 1 atom stereocenters. The summed E-state index contributed by atoms with van der Waals surface area (Å²) in [4.78, 5) is 25.9. The van der Waals surface area contributed by atoms with Crippen molar-refractivity contribution in [2.24, 2.45) is 0 Å². The lowest BCUT2D eigenvalue weighted by atomic mass is 10.2. The van der Waals surface area contributed by atoms with E-state index in [0.29, 0.717) is 29.5 Å². The molecule has 0 radical (unpaired) electrons. The highest BCUT2D eigenvalue weighted by Crippen LogP contribution is 2.24. The lowest BCUT2D eigenvalue weighted by Crippen LogP contribution is -2.39. The molecule has 1 aromatic carbocycles. The normalized spacial score (nSPS) is 14.6. The average Bonchev–Trinajstić information content (AvgIpc) is 3.46. The quantitative estimate of drug-likeness (QED) is 0.471. The molecular weight excluding hydrogens is 398 g/mol. The maximum atomic E-state index is 12.4. The molecule has 162 valence electrons. The lowest BCUT2D eigenvalue weighted by Gasteiger charge is -2.21. The molecule has 0 spiro atoms. The second kappa shape index (κ2) is 11.3. The summed E-state index contributed by atoms with van der Waals surface area (Å²) >= 11 is 6.11. The predicted octanol–water partition coefficient (Wildman–Crippen LogP) is 2.50. The van der Waals surface area contributed by atoms with Crippen LogP contribution in [0.4, 0.5) is 10.5 Å². The molecule has 3 N–H and O–H groups in total. The molecular formula is C20H30ClN3O5. The number of aliphatic hydroxyl groups is 1. The first kappa shape index (κ1) is 23.4. The smallest absolute Gasteiger partial charge is 0.321 e. The number of nitrogens with zero attached hydrogens (tertiary/aromatic N) is 1. The van der Waals surface area contributed by atoms with E-state index in [-0.39, 0.29) is 31.2 Å². The van der Waals surface area contributed by atoms with Crippen molar-refractivity contribution in [3.8, 4) is 0 Å². The van der Waals surface area contributed by atoms with E-state index in [9.17, 15) is 14.7 Å². The number of amides is 3. The van der Waals surface area contributed by atoms with Gasteiger partial charge in [0.15, 0.2) is 0 Å². The van der Waals surface area contributed by atoms with Crippen molar-refractivity contribution in [3.05, 3.63) is 28.8 Å². The summed E-state index contributed by atoms with van der Waals surface area (Å²) in [6.07, 6.45) is 1.25. The number of ether oxygens (including phenoxy) is 2. The van der Waals surface area contributed by atoms with Gasteiger partial charge < -0.3 is 30.1 Å². The third-order valence-electron chi connectivity index (χ3n) is 4.20. The number of carbonyl (C=O) groups is 2. The second-order valence-electron chi connectivity index (χ2n) is 7.40. The zero-order valence-electron chi connectivity index (χ0n) is 17.1. The number of hydrogen-bond donors (Lipinski definition) is 3. The number of aliphatic hydroxyl groups excluding tert-OH is 1. The number of anilines is 1. The van der Waals surface area contributed by atoms with Crippen molar-refractivity contribution in [1.29, 1.82) is 0 Å². The van der Waals surface area contributed by atoms with Gasteiger partial charge >= 0.3 is 6.03 Å². The number of rotatable bonds is 11. The Bertz CT molecular complexity index is 697. The molecule has 3 amide bonds. The van der Waals surface area contributed by atoms with Crippen LogP contribution >= 0.6 is 11.6 Å². The number of likely N-dealkylation sites (N-methyl/N-ethyl adjacent to an activating group) is 1. The van der Waals surface area contributed by atoms with Crippen LogP contribution in [0.5, 0.6) is 0 Å². The van der Waals surface area contributed by atoms with Gasteiger partial charge in [0.05, 0.1) is 49.2 Å². The number of carbonyl (C=O) groups excluding carboxylic acids is 2. The molecule has 8 nitrogen and oxygen atoms in total. The van der Waals surface area contributed by atoms with Gasteiger partial charge in [0.1, 0.15) is 0 Å². The van der Waals surface area contributed by atoms with Crippen LogP contribution in [0.1, 0.15) is 37.0 Å². The molecule has 29 heavy (non-hydrogen) atoms. The van der Waals surface area contributed by atoms with Gasteiger partial charge in [-0.2, -0.15) is 0 Å². The molecule has 1 unspecified atom stereocenters. The van der Waals surface area contributed by atoms with Gasteiger partial charge in [-0.25, -0.2) is 4.79 Å². The van der Waals surface area contributed by atoms with E-state index in [1.807, 2.05) is 13.8 Å². The van der Waals surface area contributed by atoms with Crippen molar-refractivity contribution in [2.75, 3.05) is 38.7 Å². The fourth-order valence-corrected chi connectivity index (χ4v) is 2.70. The summed E-state index contributed by atoms with van der Waals surface area (Å²) in [5, 5.41) is 15.9. The Morgan fingerprint density at radius 3 is 2.69 bits per heavy atom. The van der Waals surface area contributed by atoms with E-state index in [2.05, 4.69) is 10.6 Å². The minimum atomic E-state index is -0.824. The second-order valence-corrected chi connectivity index (χ2v) is 7.81. The Morgan fingerprint density at radius 2 is 2.03 bits per heavy atom. The van der Waals surface area contributed by atoms with E-state index in [0.717, 1.165) is 12.8 Å². The lowest BCUT2D eigenvalue weighted by molar-refractivity contribution is -0.0144. The van der Waals surface area contributed by atoms with Gasteiger partial charge in [0, 0.05) is 18.8 Å². The van der Waals surface area contributed by atoms with Crippen molar-refractivity contribution >= 4 is 29.2 Å². The third kappa shape index (κ3) is 8.57. The summed E-state index contributed by atoms with van der Waals surface area (Å²) in [6.45, 7) is 4.90. The molecule has 0 bridgehead atoms. The summed E-state index contributed by atoms with van der Waals surface area (Å²) < 4.78 is 10.7. The fourth-order valence-electron chi connectivity index (χ4n) is 2.50. The summed E-state index contributed by atoms with van der Waals surface area (Å²) in [7, 11) is 1.57. The number of halogens is 1. The first-order valence-electron chi connectivity index (χ1n) is 9.76. The van der Waals surface area contributed by atoms with Crippen molar-refractivity contribution in [1.82, 2.24) is 10.2 Å². The molecule has 1 aliphatic rings. The monoisotopic (exact) mass is 427 g/mol. The minimum Gasteiger partial charge on any atom is -0.389 e. The predicted molar refractivity (Wildman–Crippen MR) is 112 cm³/mol. The highest BCUT2D eigenvalue weighted by Gasteiger charge is 2.25. The van der Waals surface area contributed by atoms with E-state index in [1.165, 1.54) is 4.90 Å². The van der Waals surface area contributed by atoms with Gasteiger partial charge in [0.2, 0.25) is 0 Å². The van der Waals surface area contributed by atoms with Crippen LogP contribution in [0.3, 0.4) is 0 Å². The molecule has 2 rings (SSSR count). The SMILES string of the molecule is CC(C)OCCOCC(O)CN(C)C(=O)Nc1ccc(Cl)c(C(=O)NC2CC2)c1. The van der Waals surface area contributed by atoms with Crippen LogP contribution < -0.4 is 10.6 Å². The zero-order valence-corrected chi connectivity index (χ0v) is 17.9.